The number of nitrogens with one attached hydrogen (secondary N) is 1. The molecule has 0 amide bonds. The first-order valence-electron chi connectivity index (χ1n) is 9.28. The molecule has 0 radical (unpaired) electrons. The van der Waals surface area contributed by atoms with Crippen LogP contribution in [0.1, 0.15) is 12.6 Å². The monoisotopic (exact) mass is 424 g/mol. The normalized spacial score (nSPS) is 11.5. The number of hydrogen-bond acceptors (Lipinski definition) is 6. The Morgan fingerprint density at radius 3 is 2.57 bits per heavy atom. The quantitative estimate of drug-likeness (QED) is 0.451. The van der Waals surface area contributed by atoms with Crippen molar-refractivity contribution < 1.29 is 18.4 Å². The molecule has 0 fully saturated rings. The number of anilines is 1. The average Bonchev–Trinajstić information content (AvgIpc) is 3.23. The van der Waals surface area contributed by atoms with Crippen molar-refractivity contribution in [3.8, 4) is 34.1 Å². The molecule has 0 bridgehead atoms. The summed E-state index contributed by atoms with van der Waals surface area (Å²) >= 11 is 0. The van der Waals surface area contributed by atoms with E-state index in [1.165, 1.54) is 6.20 Å². The van der Waals surface area contributed by atoms with Crippen molar-refractivity contribution >= 4 is 15.7 Å². The first-order valence-corrected chi connectivity index (χ1v) is 10.9. The van der Waals surface area contributed by atoms with Crippen LogP contribution in [0.4, 0.5) is 5.69 Å². The lowest BCUT2D eigenvalue weighted by molar-refractivity contribution is 0.180. The summed E-state index contributed by atoms with van der Waals surface area (Å²) < 4.78 is 33.6. The standard InChI is InChI=1S/C21H20N4O4S/c1-3-30(27,28)24-15-12-19(21(23-13-15)29-16-7-5-4-6-8-16)18-11-14(2)25(26)20-17(18)9-10-22-20/h4-13,24,26H,3H2,1-2H3. The Morgan fingerprint density at radius 1 is 1.07 bits per heavy atom. The number of ether oxygens (including phenoxy) is 1. The summed E-state index contributed by atoms with van der Waals surface area (Å²) in [4.78, 5) is 8.59. The topological polar surface area (TPSA) is 106 Å². The van der Waals surface area contributed by atoms with E-state index in [0.717, 1.165) is 4.73 Å². The number of sulfonamides is 1. The van der Waals surface area contributed by atoms with Crippen molar-refractivity contribution in [2.24, 2.45) is 0 Å². The molecule has 1 aromatic heterocycles. The van der Waals surface area contributed by atoms with Crippen molar-refractivity contribution in [3.63, 3.8) is 0 Å². The molecule has 0 atom stereocenters. The summed E-state index contributed by atoms with van der Waals surface area (Å²) in [6, 6.07) is 14.4. The fraction of sp³-hybridized carbons (Fsp3) is 0.143. The molecule has 2 aromatic rings. The zero-order valence-corrected chi connectivity index (χ0v) is 17.2. The van der Waals surface area contributed by atoms with Gasteiger partial charge >= 0.3 is 0 Å². The van der Waals surface area contributed by atoms with Crippen LogP contribution in [0.2, 0.25) is 0 Å². The van der Waals surface area contributed by atoms with E-state index in [1.807, 2.05) is 18.2 Å². The maximum Gasteiger partial charge on any atom is 0.232 e. The Labute approximate surface area is 174 Å². The Kier molecular flexibility index (Phi) is 5.04. The van der Waals surface area contributed by atoms with Gasteiger partial charge in [0, 0.05) is 22.9 Å². The van der Waals surface area contributed by atoms with Gasteiger partial charge in [0.1, 0.15) is 5.75 Å². The minimum Gasteiger partial charge on any atom is -0.438 e. The average molecular weight is 424 g/mol. The van der Waals surface area contributed by atoms with Gasteiger partial charge in [-0.2, -0.15) is 4.73 Å². The molecule has 0 spiro atoms. The summed E-state index contributed by atoms with van der Waals surface area (Å²) in [6.07, 6.45) is 3.01. The molecule has 30 heavy (non-hydrogen) atoms. The van der Waals surface area contributed by atoms with Gasteiger partial charge in [-0.15, -0.1) is 0 Å². The molecule has 0 aliphatic carbocycles. The molecule has 0 saturated heterocycles. The summed E-state index contributed by atoms with van der Waals surface area (Å²) in [6.45, 7) is 3.30. The molecule has 3 heterocycles. The van der Waals surface area contributed by atoms with Gasteiger partial charge in [0.25, 0.3) is 0 Å². The van der Waals surface area contributed by atoms with Crippen molar-refractivity contribution in [1.82, 2.24) is 14.7 Å². The molecular formula is C21H20N4O4S. The van der Waals surface area contributed by atoms with Gasteiger partial charge in [-0.05, 0) is 44.2 Å². The zero-order chi connectivity index (χ0) is 21.3. The van der Waals surface area contributed by atoms with Crippen LogP contribution in [-0.4, -0.2) is 34.1 Å². The van der Waals surface area contributed by atoms with Crippen LogP contribution in [0, 0.1) is 6.92 Å². The lowest BCUT2D eigenvalue weighted by Gasteiger charge is -2.17. The van der Waals surface area contributed by atoms with Gasteiger partial charge in [-0.1, -0.05) is 18.2 Å². The number of aromatic nitrogens is 3. The van der Waals surface area contributed by atoms with E-state index in [-0.39, 0.29) is 5.75 Å². The molecule has 154 valence electrons. The Bertz CT molecular complexity index is 1270. The van der Waals surface area contributed by atoms with Crippen LogP contribution in [0.3, 0.4) is 0 Å². The second-order valence-electron chi connectivity index (χ2n) is 6.69. The number of nitrogens with zero attached hydrogens (tertiary/aromatic N) is 3. The Morgan fingerprint density at radius 2 is 1.83 bits per heavy atom. The van der Waals surface area contributed by atoms with Gasteiger partial charge < -0.3 is 9.94 Å². The van der Waals surface area contributed by atoms with Crippen LogP contribution >= 0.6 is 0 Å². The highest BCUT2D eigenvalue weighted by molar-refractivity contribution is 7.92. The molecule has 0 saturated carbocycles. The number of hydrogen-bond donors (Lipinski definition) is 2. The van der Waals surface area contributed by atoms with E-state index < -0.39 is 10.0 Å². The maximum atomic E-state index is 12.0. The molecule has 4 rings (SSSR count). The highest BCUT2D eigenvalue weighted by atomic mass is 32.2. The molecule has 8 nitrogen and oxygen atoms in total. The highest BCUT2D eigenvalue weighted by Crippen LogP contribution is 2.40. The van der Waals surface area contributed by atoms with Crippen LogP contribution in [0.5, 0.6) is 11.6 Å². The number of rotatable bonds is 6. The molecule has 2 N–H and O–H groups in total. The Hall–Kier alpha value is -3.59. The van der Waals surface area contributed by atoms with E-state index in [1.54, 1.807) is 50.4 Å². The van der Waals surface area contributed by atoms with Gasteiger partial charge in [0.15, 0.2) is 5.82 Å². The molecule has 0 unspecified atom stereocenters. The van der Waals surface area contributed by atoms with Crippen LogP contribution in [0.25, 0.3) is 22.5 Å². The summed E-state index contributed by atoms with van der Waals surface area (Å²) in [5.74, 6) is 1.22. The fourth-order valence-electron chi connectivity index (χ4n) is 3.08. The van der Waals surface area contributed by atoms with E-state index in [9.17, 15) is 13.6 Å². The second kappa shape index (κ2) is 7.68. The van der Waals surface area contributed by atoms with Gasteiger partial charge in [0.05, 0.1) is 23.3 Å². The van der Waals surface area contributed by atoms with E-state index >= 15 is 0 Å². The van der Waals surface area contributed by atoms with E-state index in [4.69, 9.17) is 4.74 Å². The van der Waals surface area contributed by atoms with Crippen molar-refractivity contribution in [2.75, 3.05) is 10.5 Å². The molecule has 1 aromatic carbocycles. The van der Waals surface area contributed by atoms with E-state index in [2.05, 4.69) is 14.7 Å². The molecule has 2 aliphatic rings. The SMILES string of the molecule is CCS(=O)(=O)Nc1cnc(Oc2ccccc2)c(-c2cc(C)n(O)c3nccc2-3)c1. The predicted octanol–water partition coefficient (Wildman–Crippen LogP) is 4.15. The van der Waals surface area contributed by atoms with Crippen molar-refractivity contribution in [2.45, 2.75) is 13.8 Å². The fourth-order valence-corrected chi connectivity index (χ4v) is 3.69. The maximum absolute atomic E-state index is 12.0. The molecule has 2 aliphatic heterocycles. The van der Waals surface area contributed by atoms with Crippen LogP contribution < -0.4 is 9.46 Å². The minimum absolute atomic E-state index is 0.0590. The largest absolute Gasteiger partial charge is 0.438 e. The predicted molar refractivity (Wildman–Crippen MR) is 114 cm³/mol. The number of pyridine rings is 2. The van der Waals surface area contributed by atoms with Crippen molar-refractivity contribution in [1.29, 1.82) is 0 Å². The van der Waals surface area contributed by atoms with Gasteiger partial charge in [-0.25, -0.2) is 18.4 Å². The van der Waals surface area contributed by atoms with Crippen LogP contribution in [-0.2, 0) is 10.0 Å². The number of fused-ring (bicyclic) bond motifs is 1. The summed E-state index contributed by atoms with van der Waals surface area (Å²) in [5, 5.41) is 10.3. The molecule has 9 heteroatoms. The first-order chi connectivity index (χ1) is 14.4. The smallest absolute Gasteiger partial charge is 0.232 e. The lowest BCUT2D eigenvalue weighted by atomic mass is 10.0. The van der Waals surface area contributed by atoms with Gasteiger partial charge in [-0.3, -0.25) is 4.72 Å². The van der Waals surface area contributed by atoms with Gasteiger partial charge in [0.2, 0.25) is 15.9 Å². The zero-order valence-electron chi connectivity index (χ0n) is 16.4. The number of aryl methyl sites for hydroxylation is 1. The van der Waals surface area contributed by atoms with E-state index in [0.29, 0.717) is 45.5 Å². The Balaban J connectivity index is 1.89. The highest BCUT2D eigenvalue weighted by Gasteiger charge is 2.21. The first kappa shape index (κ1) is 19.7. The second-order valence-corrected chi connectivity index (χ2v) is 8.70. The van der Waals surface area contributed by atoms with Crippen molar-refractivity contribution in [3.05, 3.63) is 66.6 Å². The third kappa shape index (κ3) is 3.79. The summed E-state index contributed by atoms with van der Waals surface area (Å²) in [5.41, 5.74) is 2.83. The number of para-hydroxylation sites is 1. The third-order valence-electron chi connectivity index (χ3n) is 4.61. The number of benzene rings is 1. The van der Waals surface area contributed by atoms with Crippen LogP contribution in [0.15, 0.2) is 60.9 Å². The minimum atomic E-state index is -3.48. The molecular weight excluding hydrogens is 404 g/mol. The third-order valence-corrected chi connectivity index (χ3v) is 5.92. The lowest BCUT2D eigenvalue weighted by Crippen LogP contribution is -2.15. The summed E-state index contributed by atoms with van der Waals surface area (Å²) in [7, 11) is -3.48.